The maximum Gasteiger partial charge on any atom is 0.207 e. The molecule has 0 aromatic carbocycles. The molecule has 0 radical (unpaired) electrons. The third kappa shape index (κ3) is 2.90. The Hall–Kier alpha value is -2.09. The molecule has 3 heterocycles. The minimum atomic E-state index is -0.988. The molecule has 3 rings (SSSR count). The van der Waals surface area contributed by atoms with Crippen molar-refractivity contribution in [2.75, 3.05) is 6.26 Å². The number of allylic oxidation sites excluding steroid dienone is 1. The van der Waals surface area contributed by atoms with Crippen molar-refractivity contribution < 1.29 is 4.55 Å². The van der Waals surface area contributed by atoms with E-state index in [1.165, 1.54) is 17.5 Å². The first-order chi connectivity index (χ1) is 11.0. The summed E-state index contributed by atoms with van der Waals surface area (Å²) in [6.45, 7) is 1.71. The van der Waals surface area contributed by atoms with E-state index >= 15 is 0 Å². The van der Waals surface area contributed by atoms with Crippen LogP contribution < -0.4 is 5.73 Å². The molecule has 0 aliphatic rings. The molecule has 5 nitrogen and oxygen atoms in total. The van der Waals surface area contributed by atoms with Gasteiger partial charge in [-0.1, -0.05) is 11.3 Å². The minimum absolute atomic E-state index is 0.410. The van der Waals surface area contributed by atoms with Gasteiger partial charge in [0.15, 0.2) is 0 Å². The number of aromatic nitrogens is 2. The fraction of sp³-hybridized carbons (Fsp3) is 0.125. The van der Waals surface area contributed by atoms with Crippen LogP contribution in [0.3, 0.4) is 0 Å². The van der Waals surface area contributed by atoms with Gasteiger partial charge < -0.3 is 15.7 Å². The van der Waals surface area contributed by atoms with Crippen molar-refractivity contribution in [1.82, 2.24) is 9.38 Å². The van der Waals surface area contributed by atoms with Crippen molar-refractivity contribution in [2.45, 2.75) is 11.1 Å². The van der Waals surface area contributed by atoms with Crippen LogP contribution in [0.1, 0.15) is 12.5 Å². The van der Waals surface area contributed by atoms with Crippen molar-refractivity contribution in [3.63, 3.8) is 0 Å². The molecule has 0 saturated heterocycles. The molecular weight excluding hydrogens is 328 g/mol. The van der Waals surface area contributed by atoms with E-state index in [1.807, 2.05) is 34.9 Å². The SMILES string of the molecule is CC(=N)/C(=C\N)c1ccc2ncc(-c3ccc([S+](C)[O-])s3)n2c1. The van der Waals surface area contributed by atoms with Crippen molar-refractivity contribution >= 4 is 39.4 Å². The van der Waals surface area contributed by atoms with Crippen molar-refractivity contribution in [1.29, 1.82) is 5.41 Å². The highest BCUT2D eigenvalue weighted by Gasteiger charge is 2.14. The second kappa shape index (κ2) is 6.19. The van der Waals surface area contributed by atoms with Crippen LogP contribution in [0.5, 0.6) is 0 Å². The topological polar surface area (TPSA) is 90.2 Å². The Morgan fingerprint density at radius 1 is 1.39 bits per heavy atom. The number of rotatable bonds is 4. The first-order valence-corrected chi connectivity index (χ1v) is 9.27. The zero-order chi connectivity index (χ0) is 16.6. The normalized spacial score (nSPS) is 13.4. The zero-order valence-corrected chi connectivity index (χ0v) is 14.4. The van der Waals surface area contributed by atoms with Gasteiger partial charge in [0.2, 0.25) is 4.21 Å². The highest BCUT2D eigenvalue weighted by Crippen LogP contribution is 2.31. The summed E-state index contributed by atoms with van der Waals surface area (Å²) >= 11 is 0.510. The molecular formula is C16H16N4OS2. The van der Waals surface area contributed by atoms with E-state index in [0.717, 1.165) is 26.0 Å². The van der Waals surface area contributed by atoms with E-state index in [9.17, 15) is 4.55 Å². The Morgan fingerprint density at radius 3 is 2.78 bits per heavy atom. The van der Waals surface area contributed by atoms with Gasteiger partial charge >= 0.3 is 0 Å². The molecule has 3 aromatic heterocycles. The van der Waals surface area contributed by atoms with Crippen molar-refractivity contribution in [2.24, 2.45) is 5.73 Å². The molecule has 3 aromatic rings. The Morgan fingerprint density at radius 2 is 2.17 bits per heavy atom. The van der Waals surface area contributed by atoms with Crippen LogP contribution in [-0.4, -0.2) is 25.9 Å². The van der Waals surface area contributed by atoms with Crippen LogP contribution in [0, 0.1) is 5.41 Å². The summed E-state index contributed by atoms with van der Waals surface area (Å²) in [4.78, 5) is 5.41. The van der Waals surface area contributed by atoms with Crippen LogP contribution in [0.2, 0.25) is 0 Å². The van der Waals surface area contributed by atoms with Gasteiger partial charge in [0.1, 0.15) is 11.9 Å². The summed E-state index contributed by atoms with van der Waals surface area (Å²) in [5.41, 5.74) is 9.36. The predicted octanol–water partition coefficient (Wildman–Crippen LogP) is 3.14. The monoisotopic (exact) mass is 344 g/mol. The number of thiophene rings is 1. The number of imidazole rings is 1. The Balaban J connectivity index is 2.13. The lowest BCUT2D eigenvalue weighted by molar-refractivity contribution is 0.603. The van der Waals surface area contributed by atoms with Crippen LogP contribution in [0.4, 0.5) is 0 Å². The number of hydrogen-bond donors (Lipinski definition) is 2. The molecule has 0 aliphatic heterocycles. The van der Waals surface area contributed by atoms with Gasteiger partial charge in [-0.05, 0) is 36.3 Å². The van der Waals surface area contributed by atoms with Gasteiger partial charge in [-0.25, -0.2) is 4.98 Å². The summed E-state index contributed by atoms with van der Waals surface area (Å²) in [6.07, 6.45) is 6.85. The third-order valence-electron chi connectivity index (χ3n) is 3.50. The van der Waals surface area contributed by atoms with E-state index < -0.39 is 11.2 Å². The predicted molar refractivity (Wildman–Crippen MR) is 96.4 cm³/mol. The molecule has 0 saturated carbocycles. The van der Waals surface area contributed by atoms with Gasteiger partial charge in [0, 0.05) is 35.3 Å². The molecule has 0 bridgehead atoms. The lowest BCUT2D eigenvalue weighted by Crippen LogP contribution is -2.00. The Labute approximate surface area is 141 Å². The lowest BCUT2D eigenvalue weighted by atomic mass is 10.1. The maximum atomic E-state index is 11.6. The Bertz CT molecular complexity index is 908. The van der Waals surface area contributed by atoms with Crippen LogP contribution in [-0.2, 0) is 11.2 Å². The maximum absolute atomic E-state index is 11.6. The van der Waals surface area contributed by atoms with Crippen LogP contribution in [0.25, 0.3) is 21.8 Å². The van der Waals surface area contributed by atoms with Crippen LogP contribution in [0.15, 0.2) is 47.1 Å². The van der Waals surface area contributed by atoms with E-state index in [2.05, 4.69) is 4.98 Å². The Kier molecular flexibility index (Phi) is 4.25. The fourth-order valence-corrected chi connectivity index (χ4v) is 4.12. The smallest absolute Gasteiger partial charge is 0.207 e. The highest BCUT2D eigenvalue weighted by atomic mass is 32.2. The largest absolute Gasteiger partial charge is 0.611 e. The molecule has 1 atom stereocenters. The van der Waals surface area contributed by atoms with Gasteiger partial charge in [0.05, 0.1) is 16.8 Å². The first-order valence-electron chi connectivity index (χ1n) is 6.90. The van der Waals surface area contributed by atoms with Gasteiger partial charge in [-0.15, -0.1) is 0 Å². The summed E-state index contributed by atoms with van der Waals surface area (Å²) in [6, 6.07) is 7.65. The molecule has 23 heavy (non-hydrogen) atoms. The molecule has 7 heteroatoms. The summed E-state index contributed by atoms with van der Waals surface area (Å²) in [5.74, 6) is 0. The standard InChI is InChI=1S/C16H16N4OS2/c1-10(18)12(7-17)11-3-5-15-19-8-13(20(15)9-11)14-4-6-16(22-14)23(2)21/h3-9,18H,17H2,1-2H3/b12-7+,18-10?. The molecule has 0 aliphatic carbocycles. The lowest BCUT2D eigenvalue weighted by Gasteiger charge is -2.07. The summed E-state index contributed by atoms with van der Waals surface area (Å²) in [5, 5.41) is 7.82. The van der Waals surface area contributed by atoms with Gasteiger partial charge in [-0.2, -0.15) is 0 Å². The minimum Gasteiger partial charge on any atom is -0.611 e. The number of nitrogens with zero attached hydrogens (tertiary/aromatic N) is 2. The number of nitrogens with two attached hydrogens (primary N) is 1. The van der Waals surface area contributed by atoms with Gasteiger partial charge in [0.25, 0.3) is 0 Å². The van der Waals surface area contributed by atoms with E-state index in [1.54, 1.807) is 19.4 Å². The third-order valence-corrected chi connectivity index (χ3v) is 6.06. The molecule has 1 unspecified atom stereocenters. The fourth-order valence-electron chi connectivity index (χ4n) is 2.37. The van der Waals surface area contributed by atoms with Crippen molar-refractivity contribution in [3.8, 4) is 10.6 Å². The zero-order valence-electron chi connectivity index (χ0n) is 12.7. The molecule has 3 N–H and O–H groups in total. The molecule has 0 amide bonds. The number of fused-ring (bicyclic) bond motifs is 1. The molecule has 0 spiro atoms. The average Bonchev–Trinajstić information content (AvgIpc) is 3.13. The molecule has 0 fully saturated rings. The first kappa shape index (κ1) is 15.8. The number of pyridine rings is 1. The van der Waals surface area contributed by atoms with E-state index in [4.69, 9.17) is 11.1 Å². The quantitative estimate of drug-likeness (QED) is 0.563. The number of nitrogens with one attached hydrogen (secondary N) is 1. The number of hydrogen-bond acceptors (Lipinski definition) is 5. The van der Waals surface area contributed by atoms with E-state index in [-0.39, 0.29) is 0 Å². The second-order valence-corrected chi connectivity index (χ2v) is 7.76. The van der Waals surface area contributed by atoms with Crippen molar-refractivity contribution in [3.05, 3.63) is 48.4 Å². The second-order valence-electron chi connectivity index (χ2n) is 5.07. The molecule has 118 valence electrons. The summed E-state index contributed by atoms with van der Waals surface area (Å²) < 4.78 is 14.4. The highest BCUT2D eigenvalue weighted by molar-refractivity contribution is 7.92. The van der Waals surface area contributed by atoms with E-state index in [0.29, 0.717) is 11.3 Å². The average molecular weight is 344 g/mol. The van der Waals surface area contributed by atoms with Crippen LogP contribution >= 0.6 is 11.3 Å². The summed E-state index contributed by atoms with van der Waals surface area (Å²) in [7, 11) is 0. The van der Waals surface area contributed by atoms with Gasteiger partial charge in [-0.3, -0.25) is 4.40 Å².